The van der Waals surface area contributed by atoms with Crippen molar-refractivity contribution in [1.82, 2.24) is 9.80 Å². The molecule has 0 atom stereocenters. The van der Waals surface area contributed by atoms with Crippen LogP contribution in [0.3, 0.4) is 0 Å². The van der Waals surface area contributed by atoms with E-state index in [1.165, 1.54) is 19.4 Å². The molecule has 5 heteroatoms. The number of nitrogens with zero attached hydrogens (tertiary/aromatic N) is 2. The maximum absolute atomic E-state index is 9.56. The van der Waals surface area contributed by atoms with E-state index >= 15 is 0 Å². The third-order valence-corrected chi connectivity index (χ3v) is 1.74. The van der Waals surface area contributed by atoms with E-state index in [0.29, 0.717) is 0 Å². The van der Waals surface area contributed by atoms with Crippen LogP contribution in [0, 0.1) is 0 Å². The highest BCUT2D eigenvalue weighted by Crippen LogP contribution is 2.04. The molecule has 0 fully saturated rings. The third-order valence-electron chi connectivity index (χ3n) is 1.74. The molecule has 0 unspecified atom stereocenters. The Morgan fingerprint density at radius 3 is 2.20 bits per heavy atom. The van der Waals surface area contributed by atoms with Gasteiger partial charge in [0.2, 0.25) is 0 Å². The highest BCUT2D eigenvalue weighted by molar-refractivity contribution is 7.83. The molecule has 0 N–H and O–H groups in total. The maximum atomic E-state index is 9.56. The van der Waals surface area contributed by atoms with E-state index in [1.54, 1.807) is 12.5 Å². The molecule has 0 amide bonds. The summed E-state index contributed by atoms with van der Waals surface area (Å²) in [5.74, 6) is 0. The third kappa shape index (κ3) is 11.7. The Labute approximate surface area is 102 Å². The van der Waals surface area contributed by atoms with Crippen molar-refractivity contribution in [3.63, 3.8) is 0 Å². The summed E-state index contributed by atoms with van der Waals surface area (Å²) in [5, 5.41) is 0. The van der Waals surface area contributed by atoms with Gasteiger partial charge >= 0.3 is 0 Å². The summed E-state index contributed by atoms with van der Waals surface area (Å²) >= 11 is 0. The Morgan fingerprint density at radius 1 is 1.33 bits per heavy atom. The SMILES string of the molecule is CCCCN1C=CN(C)C1.CS(C)=O.Cl. The smallest absolute Gasteiger partial charge is 0.0890 e. The lowest BCUT2D eigenvalue weighted by Crippen LogP contribution is -2.23. The lowest BCUT2D eigenvalue weighted by molar-refractivity contribution is 0.293. The molecule has 1 aliphatic rings. The fourth-order valence-corrected chi connectivity index (χ4v) is 1.10. The molecule has 0 aromatic carbocycles. The van der Waals surface area contributed by atoms with Gasteiger partial charge in [-0.3, -0.25) is 4.21 Å². The van der Waals surface area contributed by atoms with Crippen molar-refractivity contribution in [2.24, 2.45) is 0 Å². The van der Waals surface area contributed by atoms with Gasteiger partial charge in [-0.15, -0.1) is 12.4 Å². The van der Waals surface area contributed by atoms with Crippen molar-refractivity contribution in [1.29, 1.82) is 0 Å². The van der Waals surface area contributed by atoms with Gasteiger partial charge in [-0.2, -0.15) is 0 Å². The summed E-state index contributed by atoms with van der Waals surface area (Å²) in [6, 6.07) is 0. The minimum absolute atomic E-state index is 0. The van der Waals surface area contributed by atoms with Crippen LogP contribution in [-0.2, 0) is 10.8 Å². The molecule has 0 saturated heterocycles. The van der Waals surface area contributed by atoms with Crippen LogP contribution in [0.5, 0.6) is 0 Å². The largest absolute Gasteiger partial charge is 0.362 e. The van der Waals surface area contributed by atoms with E-state index < -0.39 is 10.8 Å². The quantitative estimate of drug-likeness (QED) is 0.769. The second-order valence-electron chi connectivity index (χ2n) is 3.60. The minimum atomic E-state index is -0.611. The molecular formula is C10H23ClN2OS. The second-order valence-corrected chi connectivity index (χ2v) is 5.09. The van der Waals surface area contributed by atoms with Gasteiger partial charge < -0.3 is 9.80 Å². The van der Waals surface area contributed by atoms with Crippen LogP contribution in [0.25, 0.3) is 0 Å². The lowest BCUT2D eigenvalue weighted by atomic mass is 10.3. The molecule has 15 heavy (non-hydrogen) atoms. The summed E-state index contributed by atoms with van der Waals surface area (Å²) in [7, 11) is 1.49. The van der Waals surface area contributed by atoms with Crippen LogP contribution in [0.1, 0.15) is 19.8 Å². The van der Waals surface area contributed by atoms with Gasteiger partial charge in [0, 0.05) is 49.3 Å². The molecule has 0 aromatic heterocycles. The molecule has 3 nitrogen and oxygen atoms in total. The standard InChI is InChI=1S/C8H16N2.C2H6OS.ClH/c1-3-4-5-10-7-6-9(2)8-10;1-4(2)3;/h6-7H,3-5,8H2,1-2H3;1-2H3;1H. The number of unbranched alkanes of at least 4 members (excludes halogenated alkanes) is 1. The fourth-order valence-electron chi connectivity index (χ4n) is 1.10. The van der Waals surface area contributed by atoms with E-state index in [4.69, 9.17) is 0 Å². The molecule has 0 radical (unpaired) electrons. The molecule has 1 rings (SSSR count). The predicted octanol–water partition coefficient (Wildman–Crippen LogP) is 1.88. The van der Waals surface area contributed by atoms with Crippen LogP contribution in [0.15, 0.2) is 12.4 Å². The van der Waals surface area contributed by atoms with Crippen LogP contribution in [0.4, 0.5) is 0 Å². The first kappa shape index (κ1) is 17.2. The van der Waals surface area contributed by atoms with Crippen LogP contribution < -0.4 is 0 Å². The second kappa shape index (κ2) is 10.3. The Hall–Kier alpha value is -0.220. The normalized spacial score (nSPS) is 13.7. The Bertz CT molecular complexity index is 196. The number of hydrogen-bond donors (Lipinski definition) is 0. The topological polar surface area (TPSA) is 23.6 Å². The van der Waals surface area contributed by atoms with E-state index in [0.717, 1.165) is 6.67 Å². The average molecular weight is 255 g/mol. The average Bonchev–Trinajstić information content (AvgIpc) is 2.47. The first-order valence-electron chi connectivity index (χ1n) is 4.94. The summed E-state index contributed by atoms with van der Waals surface area (Å²) in [6.07, 6.45) is 10.2. The van der Waals surface area contributed by atoms with Gasteiger partial charge in [-0.05, 0) is 6.42 Å². The number of hydrogen-bond acceptors (Lipinski definition) is 3. The zero-order chi connectivity index (χ0) is 11.0. The molecule has 92 valence electrons. The van der Waals surface area contributed by atoms with Crippen LogP contribution in [0.2, 0.25) is 0 Å². The molecule has 0 aromatic rings. The van der Waals surface area contributed by atoms with Gasteiger partial charge in [0.25, 0.3) is 0 Å². The molecular weight excluding hydrogens is 232 g/mol. The predicted molar refractivity (Wildman–Crippen MR) is 70.6 cm³/mol. The molecule has 0 spiro atoms. The van der Waals surface area contributed by atoms with Crippen LogP contribution >= 0.6 is 12.4 Å². The highest BCUT2D eigenvalue weighted by Gasteiger charge is 2.05. The molecule has 0 aliphatic carbocycles. The first-order valence-corrected chi connectivity index (χ1v) is 6.90. The van der Waals surface area contributed by atoms with Crippen molar-refractivity contribution in [3.05, 3.63) is 12.4 Å². The minimum Gasteiger partial charge on any atom is -0.362 e. The van der Waals surface area contributed by atoms with E-state index in [2.05, 4.69) is 36.2 Å². The summed E-state index contributed by atoms with van der Waals surface area (Å²) in [4.78, 5) is 4.53. The Balaban J connectivity index is 0. The van der Waals surface area contributed by atoms with Crippen molar-refractivity contribution in [2.45, 2.75) is 19.8 Å². The molecule has 1 heterocycles. The van der Waals surface area contributed by atoms with Crippen LogP contribution in [-0.4, -0.2) is 46.8 Å². The number of rotatable bonds is 3. The van der Waals surface area contributed by atoms with E-state index in [9.17, 15) is 4.21 Å². The van der Waals surface area contributed by atoms with Gasteiger partial charge in [-0.1, -0.05) is 13.3 Å². The molecule has 0 bridgehead atoms. The highest BCUT2D eigenvalue weighted by atomic mass is 35.5. The fraction of sp³-hybridized carbons (Fsp3) is 0.800. The summed E-state index contributed by atoms with van der Waals surface area (Å²) in [6.45, 7) is 4.50. The number of halogens is 1. The monoisotopic (exact) mass is 254 g/mol. The molecule has 0 saturated carbocycles. The molecule has 1 aliphatic heterocycles. The van der Waals surface area contributed by atoms with E-state index in [-0.39, 0.29) is 12.4 Å². The summed E-state index contributed by atoms with van der Waals surface area (Å²) < 4.78 is 9.56. The Kier molecular flexibility index (Phi) is 11.8. The van der Waals surface area contributed by atoms with Gasteiger partial charge in [-0.25, -0.2) is 0 Å². The van der Waals surface area contributed by atoms with E-state index in [1.807, 2.05) is 0 Å². The van der Waals surface area contributed by atoms with Gasteiger partial charge in [0.05, 0.1) is 6.67 Å². The first-order chi connectivity index (χ1) is 6.56. The van der Waals surface area contributed by atoms with Crippen molar-refractivity contribution in [2.75, 3.05) is 32.8 Å². The van der Waals surface area contributed by atoms with Gasteiger partial charge in [0.1, 0.15) is 0 Å². The van der Waals surface area contributed by atoms with Crippen molar-refractivity contribution in [3.8, 4) is 0 Å². The lowest BCUT2D eigenvalue weighted by Gasteiger charge is -2.17. The summed E-state index contributed by atoms with van der Waals surface area (Å²) in [5.41, 5.74) is 0. The Morgan fingerprint density at radius 2 is 1.87 bits per heavy atom. The zero-order valence-corrected chi connectivity index (χ0v) is 11.7. The zero-order valence-electron chi connectivity index (χ0n) is 10.1. The van der Waals surface area contributed by atoms with Crippen molar-refractivity contribution >= 4 is 23.2 Å². The van der Waals surface area contributed by atoms with Gasteiger partial charge in [0.15, 0.2) is 0 Å². The maximum Gasteiger partial charge on any atom is 0.0890 e. The van der Waals surface area contributed by atoms with Crippen molar-refractivity contribution < 1.29 is 4.21 Å².